The Morgan fingerprint density at radius 3 is 2.38 bits per heavy atom. The Morgan fingerprint density at radius 1 is 1.00 bits per heavy atom. The minimum atomic E-state index is -0.292. The lowest BCUT2D eigenvalue weighted by molar-refractivity contribution is 0.101. The first-order valence-electron chi connectivity index (χ1n) is 7.14. The number of hydrogen-bond donors (Lipinski definition) is 1. The van der Waals surface area contributed by atoms with Gasteiger partial charge in [-0.3, -0.25) is 4.79 Å². The number of benzene rings is 2. The SMILES string of the molecule is COc1cc(OC)c2c(c1)O/C(=C\c1ccc(OC)c(O)c1)C2=O. The predicted molar refractivity (Wildman–Crippen MR) is 87.1 cm³/mol. The molecule has 0 fully saturated rings. The fourth-order valence-electron chi connectivity index (χ4n) is 2.48. The van der Waals surface area contributed by atoms with Gasteiger partial charge in [0.05, 0.1) is 21.3 Å². The van der Waals surface area contributed by atoms with Crippen molar-refractivity contribution in [3.63, 3.8) is 0 Å². The fourth-order valence-corrected chi connectivity index (χ4v) is 2.48. The maximum atomic E-state index is 12.6. The average molecular weight is 328 g/mol. The number of rotatable bonds is 4. The van der Waals surface area contributed by atoms with Crippen molar-refractivity contribution in [3.8, 4) is 28.7 Å². The van der Waals surface area contributed by atoms with Gasteiger partial charge >= 0.3 is 0 Å². The highest BCUT2D eigenvalue weighted by Crippen LogP contribution is 2.41. The van der Waals surface area contributed by atoms with Crippen molar-refractivity contribution in [3.05, 3.63) is 47.2 Å². The monoisotopic (exact) mass is 328 g/mol. The van der Waals surface area contributed by atoms with E-state index in [-0.39, 0.29) is 17.3 Å². The molecule has 24 heavy (non-hydrogen) atoms. The van der Waals surface area contributed by atoms with Crippen molar-refractivity contribution in [1.29, 1.82) is 0 Å². The highest BCUT2D eigenvalue weighted by Gasteiger charge is 2.32. The maximum absolute atomic E-state index is 12.6. The third-order valence-electron chi connectivity index (χ3n) is 3.67. The molecule has 2 aromatic carbocycles. The summed E-state index contributed by atoms with van der Waals surface area (Å²) in [6.45, 7) is 0. The fraction of sp³-hybridized carbons (Fsp3) is 0.167. The molecule has 1 aliphatic heterocycles. The summed E-state index contributed by atoms with van der Waals surface area (Å²) in [5.41, 5.74) is 0.956. The van der Waals surface area contributed by atoms with Gasteiger partial charge in [0.15, 0.2) is 17.3 Å². The molecule has 1 aliphatic rings. The molecule has 0 aliphatic carbocycles. The van der Waals surface area contributed by atoms with Crippen LogP contribution in [-0.4, -0.2) is 32.2 Å². The Labute approximate surface area is 138 Å². The summed E-state index contributed by atoms with van der Waals surface area (Å²) in [6.07, 6.45) is 1.55. The van der Waals surface area contributed by atoms with Gasteiger partial charge in [-0.25, -0.2) is 0 Å². The van der Waals surface area contributed by atoms with Gasteiger partial charge in [0, 0.05) is 12.1 Å². The van der Waals surface area contributed by atoms with E-state index in [2.05, 4.69) is 0 Å². The number of Topliss-reactive ketones (excluding diaryl/α,β-unsaturated/α-hetero) is 1. The van der Waals surface area contributed by atoms with E-state index in [1.165, 1.54) is 27.4 Å². The van der Waals surface area contributed by atoms with Crippen LogP contribution in [0.25, 0.3) is 6.08 Å². The lowest BCUT2D eigenvalue weighted by Gasteiger charge is -2.07. The van der Waals surface area contributed by atoms with Crippen molar-refractivity contribution in [1.82, 2.24) is 0 Å². The summed E-state index contributed by atoms with van der Waals surface area (Å²) < 4.78 is 21.1. The molecule has 124 valence electrons. The quantitative estimate of drug-likeness (QED) is 0.870. The van der Waals surface area contributed by atoms with Crippen LogP contribution in [0.2, 0.25) is 0 Å². The minimum Gasteiger partial charge on any atom is -0.504 e. The molecule has 6 nitrogen and oxygen atoms in total. The van der Waals surface area contributed by atoms with Crippen molar-refractivity contribution in [2.24, 2.45) is 0 Å². The first kappa shape index (κ1) is 15.7. The number of ether oxygens (including phenoxy) is 4. The number of phenolic OH excluding ortho intramolecular Hbond substituents is 1. The molecular formula is C18H16O6. The Balaban J connectivity index is 2.00. The molecule has 0 aromatic heterocycles. The van der Waals surface area contributed by atoms with Crippen LogP contribution < -0.4 is 18.9 Å². The molecule has 2 aromatic rings. The maximum Gasteiger partial charge on any atom is 0.235 e. The number of aromatic hydroxyl groups is 1. The van der Waals surface area contributed by atoms with Gasteiger partial charge in [-0.1, -0.05) is 6.07 Å². The lowest BCUT2D eigenvalue weighted by Crippen LogP contribution is -2.00. The summed E-state index contributed by atoms with van der Waals surface area (Å²) in [6, 6.07) is 8.06. The largest absolute Gasteiger partial charge is 0.504 e. The number of carbonyl (C=O) groups is 1. The van der Waals surface area contributed by atoms with E-state index in [1.54, 1.807) is 30.3 Å². The number of ketones is 1. The topological polar surface area (TPSA) is 74.2 Å². The zero-order valence-corrected chi connectivity index (χ0v) is 13.5. The van der Waals surface area contributed by atoms with Gasteiger partial charge in [0.2, 0.25) is 5.78 Å². The highest BCUT2D eigenvalue weighted by atomic mass is 16.5. The number of allylic oxidation sites excluding steroid dienone is 1. The van der Waals surface area contributed by atoms with Crippen LogP contribution in [-0.2, 0) is 0 Å². The van der Waals surface area contributed by atoms with E-state index in [9.17, 15) is 9.90 Å². The lowest BCUT2D eigenvalue weighted by atomic mass is 10.1. The van der Waals surface area contributed by atoms with Crippen molar-refractivity contribution in [2.45, 2.75) is 0 Å². The van der Waals surface area contributed by atoms with Crippen LogP contribution in [0, 0.1) is 0 Å². The Hall–Kier alpha value is -3.15. The summed E-state index contributed by atoms with van der Waals surface area (Å²) in [5, 5.41) is 9.84. The first-order chi connectivity index (χ1) is 11.6. The molecular weight excluding hydrogens is 312 g/mol. The molecule has 1 N–H and O–H groups in total. The Kier molecular flexibility index (Phi) is 4.04. The molecule has 0 bridgehead atoms. The molecule has 0 spiro atoms. The van der Waals surface area contributed by atoms with Gasteiger partial charge in [0.25, 0.3) is 0 Å². The second kappa shape index (κ2) is 6.16. The number of fused-ring (bicyclic) bond motifs is 1. The molecule has 0 atom stereocenters. The molecule has 1 heterocycles. The van der Waals surface area contributed by atoms with Crippen molar-refractivity contribution in [2.75, 3.05) is 21.3 Å². The van der Waals surface area contributed by atoms with E-state index in [0.29, 0.717) is 34.1 Å². The summed E-state index contributed by atoms with van der Waals surface area (Å²) >= 11 is 0. The predicted octanol–water partition coefficient (Wildman–Crippen LogP) is 3.03. The van der Waals surface area contributed by atoms with Crippen molar-refractivity contribution >= 4 is 11.9 Å². The first-order valence-corrected chi connectivity index (χ1v) is 7.14. The smallest absolute Gasteiger partial charge is 0.235 e. The second-order valence-corrected chi connectivity index (χ2v) is 5.07. The van der Waals surface area contributed by atoms with Crippen LogP contribution in [0.5, 0.6) is 28.7 Å². The summed E-state index contributed by atoms with van der Waals surface area (Å²) in [4.78, 5) is 12.6. The van der Waals surface area contributed by atoms with Gasteiger partial charge in [-0.15, -0.1) is 0 Å². The van der Waals surface area contributed by atoms with Gasteiger partial charge < -0.3 is 24.1 Å². The van der Waals surface area contributed by atoms with E-state index < -0.39 is 0 Å². The molecule has 0 saturated heterocycles. The highest BCUT2D eigenvalue weighted by molar-refractivity contribution is 6.16. The van der Waals surface area contributed by atoms with Crippen LogP contribution in [0.4, 0.5) is 0 Å². The summed E-state index contributed by atoms with van der Waals surface area (Å²) in [7, 11) is 4.47. The third-order valence-corrected chi connectivity index (χ3v) is 3.67. The normalized spacial score (nSPS) is 14.3. The Bertz CT molecular complexity index is 838. The van der Waals surface area contributed by atoms with Crippen LogP contribution in [0.1, 0.15) is 15.9 Å². The van der Waals surface area contributed by atoms with Gasteiger partial charge in [-0.2, -0.15) is 0 Å². The van der Waals surface area contributed by atoms with Gasteiger partial charge in [-0.05, 0) is 23.8 Å². The standard InChI is InChI=1S/C18H16O6/c1-21-11-8-14(23-3)17-15(9-11)24-16(18(17)20)7-10-4-5-13(22-2)12(19)6-10/h4-9,19H,1-3H3/b16-7-. The Morgan fingerprint density at radius 2 is 1.75 bits per heavy atom. The second-order valence-electron chi connectivity index (χ2n) is 5.07. The minimum absolute atomic E-state index is 0.0194. The van der Waals surface area contributed by atoms with Gasteiger partial charge in [0.1, 0.15) is 22.8 Å². The van der Waals surface area contributed by atoms with Crippen molar-refractivity contribution < 1.29 is 28.8 Å². The summed E-state index contributed by atoms with van der Waals surface area (Å²) in [5.74, 6) is 1.47. The molecule has 0 saturated carbocycles. The number of carbonyl (C=O) groups excluding carboxylic acids is 1. The van der Waals surface area contributed by atoms with E-state index in [4.69, 9.17) is 18.9 Å². The van der Waals surface area contributed by atoms with E-state index >= 15 is 0 Å². The van der Waals surface area contributed by atoms with Crippen LogP contribution >= 0.6 is 0 Å². The van der Waals surface area contributed by atoms with Crippen LogP contribution in [0.3, 0.4) is 0 Å². The molecule has 3 rings (SSSR count). The number of phenols is 1. The number of methoxy groups -OCH3 is 3. The van der Waals surface area contributed by atoms with E-state index in [0.717, 1.165) is 0 Å². The average Bonchev–Trinajstić information content (AvgIpc) is 2.90. The number of hydrogen-bond acceptors (Lipinski definition) is 6. The zero-order valence-electron chi connectivity index (χ0n) is 13.5. The molecule has 6 heteroatoms. The van der Waals surface area contributed by atoms with E-state index in [1.807, 2.05) is 0 Å². The molecule has 0 unspecified atom stereocenters. The van der Waals surface area contributed by atoms with Crippen LogP contribution in [0.15, 0.2) is 36.1 Å². The molecule has 0 radical (unpaired) electrons. The third kappa shape index (κ3) is 2.62. The zero-order chi connectivity index (χ0) is 17.3. The molecule has 0 amide bonds.